The second kappa shape index (κ2) is 16.5. The van der Waals surface area contributed by atoms with E-state index in [1.54, 1.807) is 26.4 Å². The van der Waals surface area contributed by atoms with Gasteiger partial charge >= 0.3 is 5.97 Å². The van der Waals surface area contributed by atoms with E-state index in [0.29, 0.717) is 57.3 Å². The Kier molecular flexibility index (Phi) is 12.1. The molecule has 3 aromatic heterocycles. The van der Waals surface area contributed by atoms with Crippen molar-refractivity contribution in [3.63, 3.8) is 0 Å². The van der Waals surface area contributed by atoms with Crippen LogP contribution in [0.3, 0.4) is 0 Å². The number of nitrogens with zero attached hydrogens (tertiary/aromatic N) is 7. The van der Waals surface area contributed by atoms with E-state index in [-0.39, 0.29) is 17.3 Å². The number of ether oxygens (including phenoxy) is 2. The fourth-order valence-corrected chi connectivity index (χ4v) is 7.41. The molecule has 5 aromatic rings. The van der Waals surface area contributed by atoms with Crippen molar-refractivity contribution in [1.82, 2.24) is 29.5 Å². The highest BCUT2D eigenvalue weighted by atomic mass is 32.2. The number of carbonyl (C=O) groups excluding carboxylic acids is 1. The molecule has 0 amide bonds. The Labute approximate surface area is 305 Å². The molecular formula is C33H42N12O5S2. The molecular weight excluding hydrogens is 709 g/mol. The first-order valence-corrected chi connectivity index (χ1v) is 18.6. The Balaban J connectivity index is 1.46. The first-order valence-electron chi connectivity index (χ1n) is 16.3. The summed E-state index contributed by atoms with van der Waals surface area (Å²) in [7, 11) is 0.546. The first-order chi connectivity index (χ1) is 24.9. The molecule has 0 saturated heterocycles. The van der Waals surface area contributed by atoms with Crippen LogP contribution in [0.5, 0.6) is 0 Å². The van der Waals surface area contributed by atoms with E-state index in [4.69, 9.17) is 20.4 Å². The Hall–Kier alpha value is -5.08. The average Bonchev–Trinajstić information content (AvgIpc) is 3.74. The molecule has 0 aliphatic carbocycles. The molecule has 1 unspecified atom stereocenters. The highest BCUT2D eigenvalue weighted by Crippen LogP contribution is 2.36. The number of nitrogens with two attached hydrogens (primary N) is 1. The number of esters is 1. The van der Waals surface area contributed by atoms with Gasteiger partial charge in [-0.2, -0.15) is 14.7 Å². The molecule has 0 aliphatic rings. The third-order valence-electron chi connectivity index (χ3n) is 7.83. The fourth-order valence-electron chi connectivity index (χ4n) is 5.33. The molecule has 276 valence electrons. The monoisotopic (exact) mass is 750 g/mol. The van der Waals surface area contributed by atoms with Gasteiger partial charge in [-0.1, -0.05) is 29.0 Å². The van der Waals surface area contributed by atoms with Crippen LogP contribution < -0.4 is 26.4 Å². The largest absolute Gasteiger partial charge is 0.468 e. The minimum Gasteiger partial charge on any atom is -0.468 e. The number of benzene rings is 2. The third-order valence-corrected chi connectivity index (χ3v) is 10.4. The summed E-state index contributed by atoms with van der Waals surface area (Å²) in [6, 6.07) is 7.63. The normalized spacial score (nSPS) is 12.4. The number of anilines is 4. The number of thiazole rings is 1. The van der Waals surface area contributed by atoms with E-state index >= 15 is 0 Å². The number of rotatable bonds is 16. The van der Waals surface area contributed by atoms with Crippen LogP contribution in [0.25, 0.3) is 15.3 Å². The molecule has 1 atom stereocenters. The molecule has 19 heteroatoms. The molecule has 6 N–H and O–H groups in total. The number of nitrogens with one attached hydrogen (secondary N) is 4. The minimum atomic E-state index is -4.03. The number of hydrogen-bond donors (Lipinski definition) is 5. The maximum atomic E-state index is 12.9. The minimum absolute atomic E-state index is 0.0512. The van der Waals surface area contributed by atoms with Gasteiger partial charge in [0.05, 0.1) is 22.2 Å². The third kappa shape index (κ3) is 8.68. The maximum Gasteiger partial charge on any atom is 0.323 e. The van der Waals surface area contributed by atoms with Crippen LogP contribution in [-0.2, 0) is 30.8 Å². The van der Waals surface area contributed by atoms with Gasteiger partial charge in [-0.3, -0.25) is 4.79 Å². The lowest BCUT2D eigenvalue weighted by Crippen LogP contribution is -2.39. The predicted molar refractivity (Wildman–Crippen MR) is 201 cm³/mol. The van der Waals surface area contributed by atoms with Gasteiger partial charge in [0.25, 0.3) is 0 Å². The summed E-state index contributed by atoms with van der Waals surface area (Å²) in [6.45, 7) is 8.76. The average molecular weight is 751 g/mol. The quantitative estimate of drug-likeness (QED) is 0.0501. The number of hydrogen-bond acceptors (Lipinski definition) is 16. The summed E-state index contributed by atoms with van der Waals surface area (Å²) < 4.78 is 40.3. The summed E-state index contributed by atoms with van der Waals surface area (Å²) in [4.78, 5) is 25.8. The number of fused-ring (bicyclic) bond motifs is 1. The van der Waals surface area contributed by atoms with Crippen molar-refractivity contribution >= 4 is 72.3 Å². The van der Waals surface area contributed by atoms with Crippen molar-refractivity contribution in [2.24, 2.45) is 16.0 Å². The van der Waals surface area contributed by atoms with Crippen LogP contribution >= 0.6 is 11.3 Å². The van der Waals surface area contributed by atoms with Crippen LogP contribution in [0, 0.1) is 20.8 Å². The topological polar surface area (TPSA) is 225 Å². The summed E-state index contributed by atoms with van der Waals surface area (Å²) >= 11 is 1.30. The number of methoxy groups -OCH3 is 2. The Morgan fingerprint density at radius 3 is 2.46 bits per heavy atom. The van der Waals surface area contributed by atoms with Crippen molar-refractivity contribution < 1.29 is 22.7 Å². The standard InChI is InChI=1S/C33H42N12O5S2/c1-18-13-19(2)26(20(3)14-18)38-32-39-29(35-5)27(30(40-32)36-11-8-12-49-6)41-42-28-22(16-34)17-45(43-28)33-37-24-15-23(9-10-25(24)51-33)52(47,48)44-21(4)31(46)50-7/h9-10,13-15,17,21,44H,8,11-12,16,34H2,1-7H3,(H3,35,36,38,39,40). The van der Waals surface area contributed by atoms with Gasteiger partial charge < -0.3 is 31.2 Å². The van der Waals surface area contributed by atoms with E-state index in [1.807, 2.05) is 13.8 Å². The Morgan fingerprint density at radius 2 is 1.79 bits per heavy atom. The number of aromatic nitrogens is 5. The smallest absolute Gasteiger partial charge is 0.323 e. The molecule has 2 aromatic carbocycles. The number of aryl methyl sites for hydroxylation is 3. The van der Waals surface area contributed by atoms with E-state index in [9.17, 15) is 13.2 Å². The number of carbonyl (C=O) groups is 1. The zero-order valence-corrected chi connectivity index (χ0v) is 31.6. The van der Waals surface area contributed by atoms with Crippen molar-refractivity contribution in [3.8, 4) is 5.13 Å². The molecule has 5 rings (SSSR count). The lowest BCUT2D eigenvalue weighted by molar-refractivity contribution is -0.142. The summed E-state index contributed by atoms with van der Waals surface area (Å²) in [6.07, 6.45) is 2.42. The molecule has 52 heavy (non-hydrogen) atoms. The molecule has 0 fully saturated rings. The van der Waals surface area contributed by atoms with Crippen LogP contribution in [0.2, 0.25) is 0 Å². The van der Waals surface area contributed by atoms with E-state index in [0.717, 1.165) is 28.8 Å². The molecule has 0 aliphatic heterocycles. The summed E-state index contributed by atoms with van der Waals surface area (Å²) in [5, 5.41) is 23.9. The van der Waals surface area contributed by atoms with Gasteiger partial charge in [0.1, 0.15) is 6.04 Å². The van der Waals surface area contributed by atoms with E-state index in [2.05, 4.69) is 64.8 Å². The second-order valence-electron chi connectivity index (χ2n) is 11.8. The van der Waals surface area contributed by atoms with E-state index in [1.165, 1.54) is 42.2 Å². The fraction of sp³-hybridized carbons (Fsp3) is 0.364. The Morgan fingerprint density at radius 1 is 1.06 bits per heavy atom. The van der Waals surface area contributed by atoms with Crippen molar-refractivity contribution in [3.05, 3.63) is 58.8 Å². The van der Waals surface area contributed by atoms with Crippen LogP contribution in [-0.4, -0.2) is 79.6 Å². The SMILES string of the molecule is CNc1nc(Nc2c(C)cc(C)cc2C)nc(NCCCOC)c1N=Nc1nn(-c2nc3cc(S(=O)(=O)NC(C)C(=O)OC)ccc3s2)cc1CN. The summed E-state index contributed by atoms with van der Waals surface area (Å²) in [5.41, 5.74) is 11.7. The van der Waals surface area contributed by atoms with Crippen molar-refractivity contribution in [2.75, 3.05) is 50.4 Å². The van der Waals surface area contributed by atoms with Crippen LogP contribution in [0.1, 0.15) is 35.6 Å². The predicted octanol–water partition coefficient (Wildman–Crippen LogP) is 5.14. The van der Waals surface area contributed by atoms with Crippen molar-refractivity contribution in [1.29, 1.82) is 0 Å². The lowest BCUT2D eigenvalue weighted by atomic mass is 10.1. The van der Waals surface area contributed by atoms with Gasteiger partial charge in [-0.15, -0.1) is 15.3 Å². The van der Waals surface area contributed by atoms with Crippen molar-refractivity contribution in [2.45, 2.75) is 51.6 Å². The zero-order valence-electron chi connectivity index (χ0n) is 29.9. The van der Waals surface area contributed by atoms with Crippen LogP contribution in [0.4, 0.5) is 34.8 Å². The first kappa shape index (κ1) is 38.2. The van der Waals surface area contributed by atoms with Crippen LogP contribution in [0.15, 0.2) is 51.7 Å². The lowest BCUT2D eigenvalue weighted by Gasteiger charge is -2.16. The maximum absolute atomic E-state index is 12.9. The van der Waals surface area contributed by atoms with Gasteiger partial charge in [0.2, 0.25) is 26.9 Å². The van der Waals surface area contributed by atoms with Gasteiger partial charge in [0.15, 0.2) is 17.3 Å². The molecule has 0 bridgehead atoms. The highest BCUT2D eigenvalue weighted by molar-refractivity contribution is 7.89. The number of azo groups is 1. The highest BCUT2D eigenvalue weighted by Gasteiger charge is 2.24. The van der Waals surface area contributed by atoms with Gasteiger partial charge in [-0.25, -0.2) is 18.1 Å². The molecule has 0 spiro atoms. The molecule has 0 saturated carbocycles. The Bertz CT molecular complexity index is 2200. The molecule has 17 nitrogen and oxygen atoms in total. The van der Waals surface area contributed by atoms with Gasteiger partial charge in [-0.05, 0) is 63.4 Å². The van der Waals surface area contributed by atoms with Gasteiger partial charge in [0, 0.05) is 51.3 Å². The zero-order chi connectivity index (χ0) is 37.6. The molecule has 0 radical (unpaired) electrons. The second-order valence-corrected chi connectivity index (χ2v) is 14.6. The number of sulfonamides is 1. The summed E-state index contributed by atoms with van der Waals surface area (Å²) in [5.74, 6) is 0.806. The van der Waals surface area contributed by atoms with E-state index < -0.39 is 22.0 Å². The molecule has 3 heterocycles.